The minimum Gasteiger partial charge on any atom is -0.360 e. The van der Waals surface area contributed by atoms with Gasteiger partial charge in [-0.1, -0.05) is 41.9 Å². The van der Waals surface area contributed by atoms with Crippen LogP contribution < -0.4 is 15.5 Å². The lowest BCUT2D eigenvalue weighted by Crippen LogP contribution is -2.47. The van der Waals surface area contributed by atoms with Crippen LogP contribution in [-0.2, 0) is 11.3 Å². The molecule has 1 aromatic heterocycles. The summed E-state index contributed by atoms with van der Waals surface area (Å²) in [5.74, 6) is -0.293. The van der Waals surface area contributed by atoms with Gasteiger partial charge in [-0.25, -0.2) is 4.68 Å². The van der Waals surface area contributed by atoms with Crippen molar-refractivity contribution in [3.63, 3.8) is 0 Å². The van der Waals surface area contributed by atoms with Gasteiger partial charge in [-0.15, -0.1) is 0 Å². The number of piperazine rings is 1. The number of nitrogens with one attached hydrogen (secondary N) is 2. The Morgan fingerprint density at radius 2 is 1.90 bits per heavy atom. The molecule has 7 nitrogen and oxygen atoms in total. The van der Waals surface area contributed by atoms with E-state index in [1.165, 1.54) is 0 Å². The van der Waals surface area contributed by atoms with Crippen molar-refractivity contribution in [1.29, 1.82) is 0 Å². The number of hydrogen-bond acceptors (Lipinski definition) is 4. The molecule has 1 saturated heterocycles. The van der Waals surface area contributed by atoms with Crippen molar-refractivity contribution in [2.75, 3.05) is 29.9 Å². The highest BCUT2D eigenvalue weighted by Gasteiger charge is 2.21. The van der Waals surface area contributed by atoms with Crippen LogP contribution in [0.2, 0.25) is 5.15 Å². The summed E-state index contributed by atoms with van der Waals surface area (Å²) in [5, 5.41) is 10.4. The minimum absolute atomic E-state index is 0.0104. The van der Waals surface area contributed by atoms with Gasteiger partial charge in [0.2, 0.25) is 5.91 Å². The number of rotatable bonds is 5. The molecule has 0 unspecified atom stereocenters. The van der Waals surface area contributed by atoms with E-state index in [4.69, 9.17) is 11.6 Å². The molecule has 0 aliphatic carbocycles. The van der Waals surface area contributed by atoms with Crippen LogP contribution in [0.25, 0.3) is 0 Å². The number of nitrogens with zero attached hydrogens (tertiary/aromatic N) is 3. The van der Waals surface area contributed by atoms with Crippen LogP contribution in [0, 0.1) is 6.92 Å². The molecular weight excluding hydrogens is 402 g/mol. The molecule has 0 radical (unpaired) electrons. The molecule has 0 atom stereocenters. The predicted octanol–water partition coefficient (Wildman–Crippen LogP) is 3.08. The lowest BCUT2D eigenvalue weighted by atomic mass is 10.2. The van der Waals surface area contributed by atoms with E-state index in [2.05, 4.69) is 15.7 Å². The molecule has 154 valence electrons. The Morgan fingerprint density at radius 1 is 1.17 bits per heavy atom. The summed E-state index contributed by atoms with van der Waals surface area (Å²) in [4.78, 5) is 26.4. The average Bonchev–Trinajstić information content (AvgIpc) is 3.02. The Morgan fingerprint density at radius 3 is 2.60 bits per heavy atom. The highest BCUT2D eigenvalue weighted by molar-refractivity contribution is 6.33. The fourth-order valence-electron chi connectivity index (χ4n) is 3.48. The first-order chi connectivity index (χ1) is 14.5. The number of aryl methyl sites for hydroxylation is 1. The molecular formula is C22H22ClN5O2. The third-order valence-corrected chi connectivity index (χ3v) is 5.38. The van der Waals surface area contributed by atoms with Gasteiger partial charge in [0.1, 0.15) is 5.15 Å². The maximum Gasteiger partial charge on any atom is 0.260 e. The average molecular weight is 424 g/mol. The number of halogens is 1. The molecule has 0 bridgehead atoms. The topological polar surface area (TPSA) is 79.3 Å². The lowest BCUT2D eigenvalue weighted by Gasteiger charge is -2.28. The maximum absolute atomic E-state index is 12.8. The van der Waals surface area contributed by atoms with Gasteiger partial charge in [0.05, 0.1) is 24.3 Å². The van der Waals surface area contributed by atoms with Gasteiger partial charge in [0.25, 0.3) is 5.91 Å². The number of benzene rings is 2. The second kappa shape index (κ2) is 8.59. The van der Waals surface area contributed by atoms with Crippen molar-refractivity contribution in [3.8, 4) is 0 Å². The Bertz CT molecular complexity index is 1060. The molecule has 2 amide bonds. The first-order valence-corrected chi connectivity index (χ1v) is 10.1. The summed E-state index contributed by atoms with van der Waals surface area (Å²) in [6.45, 7) is 3.98. The first kappa shape index (κ1) is 20.0. The van der Waals surface area contributed by atoms with E-state index in [0.29, 0.717) is 41.7 Å². The number of carbonyl (C=O) groups is 2. The highest BCUT2D eigenvalue weighted by atomic mass is 35.5. The summed E-state index contributed by atoms with van der Waals surface area (Å²) >= 11 is 6.48. The van der Waals surface area contributed by atoms with Crippen LogP contribution in [0.5, 0.6) is 0 Å². The molecule has 3 aromatic rings. The van der Waals surface area contributed by atoms with E-state index in [9.17, 15) is 9.59 Å². The van der Waals surface area contributed by atoms with E-state index in [0.717, 1.165) is 17.8 Å². The van der Waals surface area contributed by atoms with Crippen molar-refractivity contribution in [3.05, 3.63) is 76.6 Å². The van der Waals surface area contributed by atoms with Crippen molar-refractivity contribution >= 4 is 34.8 Å². The molecule has 1 aliphatic rings. The molecule has 0 saturated carbocycles. The zero-order valence-corrected chi connectivity index (χ0v) is 17.3. The Hall–Kier alpha value is -3.32. The van der Waals surface area contributed by atoms with Crippen molar-refractivity contribution < 1.29 is 9.59 Å². The van der Waals surface area contributed by atoms with Crippen LogP contribution in [-0.4, -0.2) is 41.2 Å². The third kappa shape index (κ3) is 4.31. The molecule has 30 heavy (non-hydrogen) atoms. The second-order valence-electron chi connectivity index (χ2n) is 7.17. The minimum atomic E-state index is -0.304. The van der Waals surface area contributed by atoms with Gasteiger partial charge in [-0.2, -0.15) is 5.10 Å². The van der Waals surface area contributed by atoms with E-state index in [1.54, 1.807) is 11.6 Å². The van der Waals surface area contributed by atoms with Gasteiger partial charge in [0, 0.05) is 24.5 Å². The van der Waals surface area contributed by atoms with Crippen LogP contribution in [0.15, 0.2) is 54.6 Å². The van der Waals surface area contributed by atoms with Crippen LogP contribution in [0.4, 0.5) is 11.4 Å². The number of amides is 2. The van der Waals surface area contributed by atoms with Gasteiger partial charge in [-0.05, 0) is 36.8 Å². The van der Waals surface area contributed by atoms with E-state index >= 15 is 0 Å². The SMILES string of the molecule is Cc1nn(Cc2ccccc2)c(Cl)c1C(=O)Nc1ccc(N2CCNC(=O)C2)cc1. The van der Waals surface area contributed by atoms with Gasteiger partial charge >= 0.3 is 0 Å². The fraction of sp³-hybridized carbons (Fsp3) is 0.227. The quantitative estimate of drug-likeness (QED) is 0.661. The maximum atomic E-state index is 12.8. The predicted molar refractivity (Wildman–Crippen MR) is 117 cm³/mol. The lowest BCUT2D eigenvalue weighted by molar-refractivity contribution is -0.120. The summed E-state index contributed by atoms with van der Waals surface area (Å²) < 4.78 is 1.63. The zero-order chi connectivity index (χ0) is 21.1. The number of anilines is 2. The van der Waals surface area contributed by atoms with Gasteiger partial charge < -0.3 is 15.5 Å². The van der Waals surface area contributed by atoms with Crippen LogP contribution in [0.3, 0.4) is 0 Å². The van der Waals surface area contributed by atoms with E-state index in [1.807, 2.05) is 59.5 Å². The summed E-state index contributed by atoms with van der Waals surface area (Å²) in [6, 6.07) is 17.2. The van der Waals surface area contributed by atoms with Gasteiger partial charge in [0.15, 0.2) is 0 Å². The van der Waals surface area contributed by atoms with Crippen molar-refractivity contribution in [2.24, 2.45) is 0 Å². The Labute approximate surface area is 179 Å². The smallest absolute Gasteiger partial charge is 0.260 e. The zero-order valence-electron chi connectivity index (χ0n) is 16.6. The summed E-state index contributed by atoms with van der Waals surface area (Å²) in [6.07, 6.45) is 0. The van der Waals surface area contributed by atoms with Crippen LogP contribution >= 0.6 is 11.6 Å². The second-order valence-corrected chi connectivity index (χ2v) is 7.52. The summed E-state index contributed by atoms with van der Waals surface area (Å²) in [5.41, 5.74) is 3.58. The fourth-order valence-corrected chi connectivity index (χ4v) is 3.80. The van der Waals surface area contributed by atoms with E-state index < -0.39 is 0 Å². The van der Waals surface area contributed by atoms with Crippen molar-refractivity contribution in [2.45, 2.75) is 13.5 Å². The van der Waals surface area contributed by atoms with Gasteiger partial charge in [-0.3, -0.25) is 9.59 Å². The summed E-state index contributed by atoms with van der Waals surface area (Å²) in [7, 11) is 0. The van der Waals surface area contributed by atoms with E-state index in [-0.39, 0.29) is 11.8 Å². The molecule has 2 aromatic carbocycles. The normalized spacial score (nSPS) is 13.8. The number of carbonyl (C=O) groups excluding carboxylic acids is 2. The number of hydrogen-bond donors (Lipinski definition) is 2. The Kier molecular flexibility index (Phi) is 5.72. The van der Waals surface area contributed by atoms with Crippen molar-refractivity contribution in [1.82, 2.24) is 15.1 Å². The molecule has 4 rings (SSSR count). The molecule has 1 fully saturated rings. The van der Waals surface area contributed by atoms with Crippen LogP contribution in [0.1, 0.15) is 21.6 Å². The molecule has 8 heteroatoms. The first-order valence-electron chi connectivity index (χ1n) is 9.71. The largest absolute Gasteiger partial charge is 0.360 e. The standard InChI is InChI=1S/C22H22ClN5O2/c1-15-20(21(23)28(26-15)13-16-5-3-2-4-6-16)22(30)25-17-7-9-18(10-8-17)27-12-11-24-19(29)14-27/h2-10H,11-14H2,1H3,(H,24,29)(H,25,30). The molecule has 1 aliphatic heterocycles. The number of aromatic nitrogens is 2. The third-order valence-electron chi connectivity index (χ3n) is 5.00. The highest BCUT2D eigenvalue weighted by Crippen LogP contribution is 2.24. The molecule has 2 heterocycles. The monoisotopic (exact) mass is 423 g/mol. The molecule has 0 spiro atoms. The Balaban J connectivity index is 1.47. The molecule has 2 N–H and O–H groups in total.